The molecule has 0 aliphatic carbocycles. The molecule has 3 heteroatoms. The van der Waals surface area contributed by atoms with E-state index in [-0.39, 0.29) is 11.8 Å². The lowest BCUT2D eigenvalue weighted by Gasteiger charge is -2.09. The number of benzene rings is 1. The molecule has 0 bridgehead atoms. The molecule has 1 aromatic heterocycles. The lowest BCUT2D eigenvalue weighted by atomic mass is 9.99. The van der Waals surface area contributed by atoms with Crippen LogP contribution in [0.3, 0.4) is 0 Å². The molecule has 2 N–H and O–H groups in total. The van der Waals surface area contributed by atoms with E-state index in [0.29, 0.717) is 12.0 Å². The van der Waals surface area contributed by atoms with Gasteiger partial charge in [-0.15, -0.1) is 0 Å². The van der Waals surface area contributed by atoms with Crippen molar-refractivity contribution in [3.05, 3.63) is 42.2 Å². The third kappa shape index (κ3) is 2.50. The highest BCUT2D eigenvalue weighted by atomic mass is 16.1. The molecular formula is C14H16N2O. The molecule has 0 saturated carbocycles. The van der Waals surface area contributed by atoms with Crippen LogP contribution in [0.5, 0.6) is 0 Å². The zero-order valence-electron chi connectivity index (χ0n) is 9.89. The second-order valence-corrected chi connectivity index (χ2v) is 4.20. The summed E-state index contributed by atoms with van der Waals surface area (Å²) in [7, 11) is 0. The van der Waals surface area contributed by atoms with Gasteiger partial charge in [0, 0.05) is 35.8 Å². The summed E-state index contributed by atoms with van der Waals surface area (Å²) in [6.45, 7) is 1.99. The van der Waals surface area contributed by atoms with Gasteiger partial charge in [-0.3, -0.25) is 9.78 Å². The van der Waals surface area contributed by atoms with Crippen LogP contribution in [0.4, 0.5) is 0 Å². The maximum absolute atomic E-state index is 12.1. The Morgan fingerprint density at radius 3 is 2.88 bits per heavy atom. The van der Waals surface area contributed by atoms with Crippen molar-refractivity contribution < 1.29 is 4.79 Å². The number of nitrogens with two attached hydrogens (primary N) is 1. The van der Waals surface area contributed by atoms with E-state index in [9.17, 15) is 4.79 Å². The molecule has 1 aromatic carbocycles. The van der Waals surface area contributed by atoms with Crippen LogP contribution >= 0.6 is 0 Å². The van der Waals surface area contributed by atoms with E-state index in [1.54, 1.807) is 12.4 Å². The predicted molar refractivity (Wildman–Crippen MR) is 69.0 cm³/mol. The Hall–Kier alpha value is -1.74. The van der Waals surface area contributed by atoms with Crippen LogP contribution in [0, 0.1) is 0 Å². The van der Waals surface area contributed by atoms with Gasteiger partial charge in [-0.05, 0) is 11.8 Å². The minimum absolute atomic E-state index is 0.0681. The molecule has 0 radical (unpaired) electrons. The number of hydrogen-bond acceptors (Lipinski definition) is 3. The minimum atomic E-state index is -0.0681. The molecule has 88 valence electrons. The van der Waals surface area contributed by atoms with Crippen molar-refractivity contribution in [3.63, 3.8) is 0 Å². The molecule has 3 nitrogen and oxygen atoms in total. The Balaban J connectivity index is 2.38. The van der Waals surface area contributed by atoms with Gasteiger partial charge in [-0.1, -0.05) is 31.2 Å². The zero-order valence-corrected chi connectivity index (χ0v) is 9.89. The molecule has 2 rings (SSSR count). The smallest absolute Gasteiger partial charge is 0.166 e. The van der Waals surface area contributed by atoms with Gasteiger partial charge in [0.25, 0.3) is 0 Å². The summed E-state index contributed by atoms with van der Waals surface area (Å²) >= 11 is 0. The summed E-state index contributed by atoms with van der Waals surface area (Å²) in [5.41, 5.74) is 6.49. The summed E-state index contributed by atoms with van der Waals surface area (Å²) in [5, 5.41) is 1.94. The molecule has 17 heavy (non-hydrogen) atoms. The van der Waals surface area contributed by atoms with Crippen LogP contribution in [0.2, 0.25) is 0 Å². The van der Waals surface area contributed by atoms with Gasteiger partial charge >= 0.3 is 0 Å². The van der Waals surface area contributed by atoms with Crippen molar-refractivity contribution >= 4 is 16.6 Å². The van der Waals surface area contributed by atoms with Crippen molar-refractivity contribution in [1.82, 2.24) is 4.98 Å². The van der Waals surface area contributed by atoms with E-state index in [1.807, 2.05) is 31.2 Å². The van der Waals surface area contributed by atoms with E-state index in [4.69, 9.17) is 5.73 Å². The summed E-state index contributed by atoms with van der Waals surface area (Å²) in [5.74, 6) is 0.0728. The number of aromatic nitrogens is 1. The second kappa shape index (κ2) is 5.06. The van der Waals surface area contributed by atoms with Gasteiger partial charge in [-0.25, -0.2) is 0 Å². The lowest BCUT2D eigenvalue weighted by molar-refractivity contribution is 0.0975. The van der Waals surface area contributed by atoms with Crippen LogP contribution < -0.4 is 5.73 Å². The van der Waals surface area contributed by atoms with Crippen LogP contribution in [-0.4, -0.2) is 16.8 Å². The molecule has 1 atom stereocenters. The average molecular weight is 228 g/mol. The molecule has 0 amide bonds. The van der Waals surface area contributed by atoms with Crippen molar-refractivity contribution in [2.75, 3.05) is 0 Å². The number of rotatable bonds is 4. The first-order chi connectivity index (χ1) is 8.22. The van der Waals surface area contributed by atoms with Gasteiger partial charge < -0.3 is 5.73 Å². The Bertz CT molecular complexity index is 531. The summed E-state index contributed by atoms with van der Waals surface area (Å²) < 4.78 is 0. The van der Waals surface area contributed by atoms with Crippen LogP contribution in [0.1, 0.15) is 30.1 Å². The van der Waals surface area contributed by atoms with Gasteiger partial charge in [0.05, 0.1) is 0 Å². The molecule has 1 unspecified atom stereocenters. The monoisotopic (exact) mass is 228 g/mol. The maximum Gasteiger partial charge on any atom is 0.166 e. The third-order valence-corrected chi connectivity index (χ3v) is 2.94. The Morgan fingerprint density at radius 1 is 1.35 bits per heavy atom. The number of carbonyl (C=O) groups is 1. The fourth-order valence-electron chi connectivity index (χ4n) is 1.83. The van der Waals surface area contributed by atoms with Gasteiger partial charge in [0.2, 0.25) is 0 Å². The first-order valence-electron chi connectivity index (χ1n) is 5.84. The Labute approximate surface area is 101 Å². The predicted octanol–water partition coefficient (Wildman–Crippen LogP) is 2.54. The van der Waals surface area contributed by atoms with Crippen molar-refractivity contribution in [1.29, 1.82) is 0 Å². The van der Waals surface area contributed by atoms with Gasteiger partial charge in [0.1, 0.15) is 0 Å². The van der Waals surface area contributed by atoms with E-state index in [1.165, 1.54) is 0 Å². The number of Topliss-reactive ketones (excluding diaryl/α,β-unsaturated/α-hetero) is 1. The van der Waals surface area contributed by atoms with E-state index in [0.717, 1.165) is 17.2 Å². The SMILES string of the molecule is CCC(N)CC(=O)c1cncc2ccccc12. The summed E-state index contributed by atoms with van der Waals surface area (Å²) in [6.07, 6.45) is 4.59. The number of nitrogens with zero attached hydrogens (tertiary/aromatic N) is 1. The first kappa shape index (κ1) is 11.7. The molecule has 0 aliphatic heterocycles. The summed E-state index contributed by atoms with van der Waals surface area (Å²) in [4.78, 5) is 16.2. The van der Waals surface area contributed by atoms with Crippen LogP contribution in [0.25, 0.3) is 10.8 Å². The highest BCUT2D eigenvalue weighted by molar-refractivity contribution is 6.07. The van der Waals surface area contributed by atoms with Crippen molar-refractivity contribution in [2.24, 2.45) is 5.73 Å². The Kier molecular flexibility index (Phi) is 3.49. The number of pyridine rings is 1. The molecule has 1 heterocycles. The van der Waals surface area contributed by atoms with Crippen LogP contribution in [0.15, 0.2) is 36.7 Å². The first-order valence-corrected chi connectivity index (χ1v) is 5.84. The Morgan fingerprint density at radius 2 is 2.12 bits per heavy atom. The standard InChI is InChI=1S/C14H16N2O/c1-2-11(15)7-14(17)13-9-16-8-10-5-3-4-6-12(10)13/h3-6,8-9,11H,2,7,15H2,1H3. The molecule has 0 saturated heterocycles. The zero-order chi connectivity index (χ0) is 12.3. The number of carbonyl (C=O) groups excluding carboxylic acids is 1. The highest BCUT2D eigenvalue weighted by Gasteiger charge is 2.13. The maximum atomic E-state index is 12.1. The minimum Gasteiger partial charge on any atom is -0.327 e. The molecule has 0 spiro atoms. The largest absolute Gasteiger partial charge is 0.327 e. The molecular weight excluding hydrogens is 212 g/mol. The number of fused-ring (bicyclic) bond motifs is 1. The molecule has 0 aliphatic rings. The number of ketones is 1. The topological polar surface area (TPSA) is 56.0 Å². The molecule has 0 fully saturated rings. The van der Waals surface area contributed by atoms with Gasteiger partial charge in [0.15, 0.2) is 5.78 Å². The van der Waals surface area contributed by atoms with Crippen molar-refractivity contribution in [3.8, 4) is 0 Å². The third-order valence-electron chi connectivity index (χ3n) is 2.94. The van der Waals surface area contributed by atoms with Crippen LogP contribution in [-0.2, 0) is 0 Å². The van der Waals surface area contributed by atoms with Crippen molar-refractivity contribution in [2.45, 2.75) is 25.8 Å². The normalized spacial score (nSPS) is 12.6. The van der Waals surface area contributed by atoms with E-state index in [2.05, 4.69) is 4.98 Å². The fraction of sp³-hybridized carbons (Fsp3) is 0.286. The highest BCUT2D eigenvalue weighted by Crippen LogP contribution is 2.18. The molecule has 2 aromatic rings. The number of hydrogen-bond donors (Lipinski definition) is 1. The fourth-order valence-corrected chi connectivity index (χ4v) is 1.83. The van der Waals surface area contributed by atoms with E-state index < -0.39 is 0 Å². The quantitative estimate of drug-likeness (QED) is 0.818. The van der Waals surface area contributed by atoms with E-state index >= 15 is 0 Å². The van der Waals surface area contributed by atoms with Gasteiger partial charge in [-0.2, -0.15) is 0 Å². The second-order valence-electron chi connectivity index (χ2n) is 4.20. The summed E-state index contributed by atoms with van der Waals surface area (Å²) in [6, 6.07) is 7.71. The average Bonchev–Trinajstić information content (AvgIpc) is 2.37. The lowest BCUT2D eigenvalue weighted by Crippen LogP contribution is -2.22.